The van der Waals surface area contributed by atoms with Crippen molar-refractivity contribution in [3.63, 3.8) is 0 Å². The minimum absolute atomic E-state index is 0.0697. The first-order valence-electron chi connectivity index (χ1n) is 11.2. The standard InChI is InChI=1S/C15H20FNO2.C10H6ClNO3/c16-13-10-12(4-3-7-17-5-1-2-6-17)11-14-15(13)19-9-8-18-14;11-6-1-2-7-5(3-6)4-8(15-7)9(13)10(12)14/h10-11H,1-9H2;1-4H,(H2,12,14). The molecule has 9 heteroatoms. The Bertz CT molecular complexity index is 1190. The number of likely N-dealkylation sites (tertiary alicyclic amines) is 1. The normalized spacial score (nSPS) is 15.1. The smallest absolute Gasteiger partial charge is 0.293 e. The number of aryl methyl sites for hydroxylation is 1. The molecule has 5 rings (SSSR count). The van der Waals surface area contributed by atoms with Crippen LogP contribution in [0, 0.1) is 5.82 Å². The number of amides is 1. The first kappa shape index (κ1) is 24.0. The molecule has 0 bridgehead atoms. The van der Waals surface area contributed by atoms with Crippen LogP contribution in [-0.2, 0) is 11.2 Å². The third kappa shape index (κ3) is 5.87. The highest BCUT2D eigenvalue weighted by Gasteiger charge is 2.19. The molecule has 3 heterocycles. The van der Waals surface area contributed by atoms with Crippen LogP contribution in [0.25, 0.3) is 11.0 Å². The van der Waals surface area contributed by atoms with Crippen LogP contribution in [0.1, 0.15) is 35.4 Å². The van der Waals surface area contributed by atoms with E-state index in [1.54, 1.807) is 24.3 Å². The molecule has 2 aliphatic heterocycles. The molecule has 0 radical (unpaired) electrons. The predicted molar refractivity (Wildman–Crippen MR) is 126 cm³/mol. The number of furan rings is 1. The van der Waals surface area contributed by atoms with E-state index >= 15 is 0 Å². The highest BCUT2D eigenvalue weighted by atomic mass is 35.5. The van der Waals surface area contributed by atoms with E-state index in [2.05, 4.69) is 4.90 Å². The Labute approximate surface area is 201 Å². The molecule has 2 aromatic carbocycles. The van der Waals surface area contributed by atoms with Crippen LogP contribution < -0.4 is 15.2 Å². The Morgan fingerprint density at radius 3 is 2.59 bits per heavy atom. The van der Waals surface area contributed by atoms with E-state index in [0.29, 0.717) is 35.0 Å². The maximum Gasteiger partial charge on any atom is 0.293 e. The summed E-state index contributed by atoms with van der Waals surface area (Å²) in [6, 6.07) is 9.83. The largest absolute Gasteiger partial charge is 0.486 e. The molecule has 0 atom stereocenters. The average Bonchev–Trinajstić information content (AvgIpc) is 3.48. The number of rotatable bonds is 6. The lowest BCUT2D eigenvalue weighted by Crippen LogP contribution is -2.22. The third-order valence-corrected chi connectivity index (χ3v) is 5.96. The minimum atomic E-state index is -1.04. The summed E-state index contributed by atoms with van der Waals surface area (Å²) < 4.78 is 29.7. The molecule has 0 aliphatic carbocycles. The maximum atomic E-state index is 13.8. The number of primary amides is 1. The Morgan fingerprint density at radius 2 is 1.82 bits per heavy atom. The van der Waals surface area contributed by atoms with E-state index in [1.807, 2.05) is 6.07 Å². The van der Waals surface area contributed by atoms with Crippen molar-refractivity contribution < 1.29 is 27.9 Å². The van der Waals surface area contributed by atoms with Crippen LogP contribution in [0.5, 0.6) is 11.5 Å². The molecule has 2 aliphatic rings. The van der Waals surface area contributed by atoms with E-state index < -0.39 is 11.7 Å². The second kappa shape index (κ2) is 10.9. The zero-order valence-electron chi connectivity index (χ0n) is 18.6. The van der Waals surface area contributed by atoms with Gasteiger partial charge in [-0.3, -0.25) is 9.59 Å². The number of ether oxygens (including phenoxy) is 2. The van der Waals surface area contributed by atoms with Gasteiger partial charge in [0, 0.05) is 10.4 Å². The quantitative estimate of drug-likeness (QED) is 0.408. The molecule has 7 nitrogen and oxygen atoms in total. The number of carbonyl (C=O) groups is 2. The molecule has 1 amide bonds. The first-order chi connectivity index (χ1) is 16.4. The van der Waals surface area contributed by atoms with Gasteiger partial charge in [0.25, 0.3) is 11.7 Å². The molecule has 1 saturated heterocycles. The molecule has 0 spiro atoms. The van der Waals surface area contributed by atoms with E-state index in [1.165, 1.54) is 32.0 Å². The minimum Gasteiger partial charge on any atom is -0.486 e. The van der Waals surface area contributed by atoms with Crippen molar-refractivity contribution in [1.82, 2.24) is 4.90 Å². The van der Waals surface area contributed by atoms with Crippen LogP contribution in [0.3, 0.4) is 0 Å². The van der Waals surface area contributed by atoms with Gasteiger partial charge in [-0.2, -0.15) is 0 Å². The van der Waals surface area contributed by atoms with Gasteiger partial charge in [-0.15, -0.1) is 0 Å². The van der Waals surface area contributed by atoms with Gasteiger partial charge in [-0.25, -0.2) is 4.39 Å². The average molecular weight is 489 g/mol. The topological polar surface area (TPSA) is 95.0 Å². The third-order valence-electron chi connectivity index (χ3n) is 5.72. The second-order valence-electron chi connectivity index (χ2n) is 8.24. The number of nitrogens with two attached hydrogens (primary N) is 1. The predicted octanol–water partition coefficient (Wildman–Crippen LogP) is 4.38. The summed E-state index contributed by atoms with van der Waals surface area (Å²) in [7, 11) is 0. The highest BCUT2D eigenvalue weighted by molar-refractivity contribution is 6.41. The second-order valence-corrected chi connectivity index (χ2v) is 8.68. The summed E-state index contributed by atoms with van der Waals surface area (Å²) >= 11 is 5.75. The summed E-state index contributed by atoms with van der Waals surface area (Å²) in [4.78, 5) is 24.3. The van der Waals surface area contributed by atoms with Crippen molar-refractivity contribution in [2.24, 2.45) is 5.73 Å². The first-order valence-corrected chi connectivity index (χ1v) is 11.6. The monoisotopic (exact) mass is 488 g/mol. The van der Waals surface area contributed by atoms with E-state index in [-0.39, 0.29) is 17.3 Å². The summed E-state index contributed by atoms with van der Waals surface area (Å²) in [6.45, 7) is 4.48. The fourth-order valence-corrected chi connectivity index (χ4v) is 4.25. The van der Waals surface area contributed by atoms with Crippen LogP contribution in [0.15, 0.2) is 40.8 Å². The zero-order valence-corrected chi connectivity index (χ0v) is 19.4. The fourth-order valence-electron chi connectivity index (χ4n) is 4.07. The van der Waals surface area contributed by atoms with Crippen LogP contribution in [-0.4, -0.2) is 49.4 Å². The number of ketones is 1. The summed E-state index contributed by atoms with van der Waals surface area (Å²) in [5.41, 5.74) is 6.34. The Kier molecular flexibility index (Phi) is 7.70. The van der Waals surface area contributed by atoms with Gasteiger partial charge in [0.2, 0.25) is 0 Å². The van der Waals surface area contributed by atoms with Crippen LogP contribution in [0.2, 0.25) is 5.02 Å². The maximum absolute atomic E-state index is 13.8. The zero-order chi connectivity index (χ0) is 24.1. The Morgan fingerprint density at radius 1 is 1.06 bits per heavy atom. The van der Waals surface area contributed by atoms with Crippen molar-refractivity contribution in [3.8, 4) is 11.5 Å². The summed E-state index contributed by atoms with van der Waals surface area (Å²) in [6.07, 6.45) is 4.60. The van der Waals surface area contributed by atoms with Crippen LogP contribution in [0.4, 0.5) is 4.39 Å². The number of nitrogens with zero attached hydrogens (tertiary/aromatic N) is 1. The number of carbonyl (C=O) groups excluding carboxylic acids is 2. The summed E-state index contributed by atoms with van der Waals surface area (Å²) in [5, 5.41) is 1.19. The van der Waals surface area contributed by atoms with Crippen molar-refractivity contribution >= 4 is 34.3 Å². The van der Waals surface area contributed by atoms with Gasteiger partial charge < -0.3 is 24.5 Å². The molecule has 34 heavy (non-hydrogen) atoms. The van der Waals surface area contributed by atoms with E-state index in [0.717, 1.165) is 24.9 Å². The fraction of sp³-hybridized carbons (Fsp3) is 0.360. The number of hydrogen-bond donors (Lipinski definition) is 1. The molecule has 180 valence electrons. The van der Waals surface area contributed by atoms with Crippen LogP contribution >= 0.6 is 11.6 Å². The van der Waals surface area contributed by atoms with Gasteiger partial charge in [0.15, 0.2) is 23.1 Å². The lowest BCUT2D eigenvalue weighted by molar-refractivity contribution is -0.114. The number of benzene rings is 2. The van der Waals surface area contributed by atoms with E-state index in [4.69, 9.17) is 31.2 Å². The molecule has 1 aromatic heterocycles. The number of Topliss-reactive ketones (excluding diaryl/α,β-unsaturated/α-hetero) is 1. The van der Waals surface area contributed by atoms with Crippen molar-refractivity contribution in [1.29, 1.82) is 0 Å². The molecular formula is C25H26ClFN2O5. The Balaban J connectivity index is 0.000000166. The van der Waals surface area contributed by atoms with Gasteiger partial charge in [0.05, 0.1) is 0 Å². The lowest BCUT2D eigenvalue weighted by atomic mass is 10.1. The molecule has 2 N–H and O–H groups in total. The van der Waals surface area contributed by atoms with Crippen molar-refractivity contribution in [2.45, 2.75) is 25.7 Å². The molecule has 1 fully saturated rings. The van der Waals surface area contributed by atoms with E-state index in [9.17, 15) is 14.0 Å². The molecule has 0 saturated carbocycles. The van der Waals surface area contributed by atoms with Gasteiger partial charge >= 0.3 is 0 Å². The van der Waals surface area contributed by atoms with Gasteiger partial charge in [-0.1, -0.05) is 11.6 Å². The van der Waals surface area contributed by atoms with Gasteiger partial charge in [-0.05, 0) is 87.3 Å². The Hall–Kier alpha value is -3.10. The van der Waals surface area contributed by atoms with Crippen molar-refractivity contribution in [2.75, 3.05) is 32.8 Å². The number of hydrogen-bond acceptors (Lipinski definition) is 6. The highest BCUT2D eigenvalue weighted by Crippen LogP contribution is 2.34. The SMILES string of the molecule is Fc1cc(CCCN2CCCC2)cc2c1OCCO2.NC(=O)C(=O)c1cc2cc(Cl)ccc2o1. The molecule has 0 unspecified atom stereocenters. The molecular weight excluding hydrogens is 463 g/mol. The van der Waals surface area contributed by atoms with Crippen molar-refractivity contribution in [3.05, 3.63) is 58.6 Å². The molecule has 3 aromatic rings. The van der Waals surface area contributed by atoms with Gasteiger partial charge in [0.1, 0.15) is 18.8 Å². The number of halogens is 2. The summed E-state index contributed by atoms with van der Waals surface area (Å²) in [5.74, 6) is -1.42. The lowest BCUT2D eigenvalue weighted by Gasteiger charge is -2.20. The number of fused-ring (bicyclic) bond motifs is 2.